The maximum absolute atomic E-state index is 12.2. The minimum Gasteiger partial charge on any atom is -0.435 e. The van der Waals surface area contributed by atoms with Gasteiger partial charge in [-0.2, -0.15) is 0 Å². The molecule has 0 spiro atoms. The van der Waals surface area contributed by atoms with Crippen molar-refractivity contribution < 1.29 is 34.7 Å². The van der Waals surface area contributed by atoms with E-state index in [1.54, 1.807) is 58.0 Å². The highest BCUT2D eigenvalue weighted by Crippen LogP contribution is 2.36. The van der Waals surface area contributed by atoms with Crippen LogP contribution in [0.3, 0.4) is 0 Å². The van der Waals surface area contributed by atoms with Gasteiger partial charge in [0.2, 0.25) is 0 Å². The zero-order valence-corrected chi connectivity index (χ0v) is 27.6. The summed E-state index contributed by atoms with van der Waals surface area (Å²) in [7, 11) is 0. The zero-order chi connectivity index (χ0) is 32.5. The van der Waals surface area contributed by atoms with Crippen molar-refractivity contribution in [2.45, 2.75) is 66.0 Å². The summed E-state index contributed by atoms with van der Waals surface area (Å²) in [4.78, 5) is 16.1. The number of para-hydroxylation sites is 1. The molecule has 2 aromatic carbocycles. The number of hydrogen-bond donors (Lipinski definition) is 5. The maximum atomic E-state index is 12.2. The van der Waals surface area contributed by atoms with E-state index in [1.165, 1.54) is 0 Å². The number of hydrogen-bond acceptors (Lipinski definition) is 10. The number of ether oxygens (including phenoxy) is 2. The number of nitrogens with zero attached hydrogens (tertiary/aromatic N) is 2. The average Bonchev–Trinajstić information content (AvgIpc) is 2.91. The highest BCUT2D eigenvalue weighted by molar-refractivity contribution is 6.39. The standard InChI is InChI=1S/C17H17Cl2NO3.C14H32N2O4/c1-3-22-10-23-17(21)12-6-4-5-7-14(12)20-16-13(18)9-8-11(2)15(16)19;1-11(17)7-15(8-12(2)18)5-6-16(9-13(3)19)10-14(4)20/h4-9,20H,3,10H2,1-2H3;11-14,17-20H,5-10H2,1-4H3. The lowest BCUT2D eigenvalue weighted by Crippen LogP contribution is -2.44. The molecule has 12 heteroatoms. The Kier molecular flexibility index (Phi) is 18.9. The van der Waals surface area contributed by atoms with Gasteiger partial charge >= 0.3 is 5.97 Å². The van der Waals surface area contributed by atoms with Crippen LogP contribution < -0.4 is 5.32 Å². The van der Waals surface area contributed by atoms with Crippen LogP contribution in [0, 0.1) is 6.92 Å². The minimum atomic E-state index is -0.485. The molecule has 0 radical (unpaired) electrons. The molecule has 0 heterocycles. The molecular formula is C31H49Cl2N3O7. The van der Waals surface area contributed by atoms with E-state index in [-0.39, 0.29) is 6.79 Å². The summed E-state index contributed by atoms with van der Waals surface area (Å²) < 4.78 is 10.1. The van der Waals surface area contributed by atoms with E-state index < -0.39 is 30.4 Å². The molecular weight excluding hydrogens is 597 g/mol. The molecule has 0 saturated heterocycles. The molecule has 244 valence electrons. The number of benzene rings is 2. The van der Waals surface area contributed by atoms with Gasteiger partial charge in [-0.15, -0.1) is 0 Å². The van der Waals surface area contributed by atoms with Gasteiger partial charge in [-0.1, -0.05) is 41.4 Å². The number of rotatable bonds is 17. The Balaban J connectivity index is 0.000000436. The number of esters is 1. The highest BCUT2D eigenvalue weighted by atomic mass is 35.5. The van der Waals surface area contributed by atoms with Gasteiger partial charge < -0.3 is 35.2 Å². The number of nitrogens with one attached hydrogen (secondary N) is 1. The molecule has 5 N–H and O–H groups in total. The van der Waals surface area contributed by atoms with E-state index in [0.29, 0.717) is 72.9 Å². The summed E-state index contributed by atoms with van der Waals surface area (Å²) >= 11 is 12.5. The fourth-order valence-corrected chi connectivity index (χ4v) is 4.69. The Morgan fingerprint density at radius 1 is 0.837 bits per heavy atom. The number of aryl methyl sites for hydroxylation is 1. The number of anilines is 2. The second-order valence-corrected chi connectivity index (χ2v) is 11.5. The van der Waals surface area contributed by atoms with Crippen molar-refractivity contribution >= 4 is 40.5 Å². The third kappa shape index (κ3) is 16.1. The molecule has 0 aliphatic carbocycles. The fourth-order valence-electron chi connectivity index (χ4n) is 4.22. The van der Waals surface area contributed by atoms with Crippen molar-refractivity contribution in [3.8, 4) is 0 Å². The summed E-state index contributed by atoms with van der Waals surface area (Å²) in [6.45, 7) is 14.3. The molecule has 4 atom stereocenters. The molecule has 0 aliphatic heterocycles. The van der Waals surface area contributed by atoms with Gasteiger partial charge in [0.25, 0.3) is 0 Å². The van der Waals surface area contributed by atoms with Gasteiger partial charge in [0.05, 0.1) is 51.4 Å². The zero-order valence-electron chi connectivity index (χ0n) is 26.1. The molecule has 0 aromatic heterocycles. The average molecular weight is 647 g/mol. The van der Waals surface area contributed by atoms with Crippen LogP contribution in [0.5, 0.6) is 0 Å². The van der Waals surface area contributed by atoms with Crippen LogP contribution in [0.15, 0.2) is 36.4 Å². The second-order valence-electron chi connectivity index (χ2n) is 10.7. The Morgan fingerprint density at radius 2 is 1.33 bits per heavy atom. The van der Waals surface area contributed by atoms with E-state index in [4.69, 9.17) is 32.7 Å². The third-order valence-corrected chi connectivity index (χ3v) is 6.79. The Morgan fingerprint density at radius 3 is 1.79 bits per heavy atom. The number of aliphatic hydroxyl groups excluding tert-OH is 4. The van der Waals surface area contributed by atoms with Gasteiger partial charge in [-0.25, -0.2) is 4.79 Å². The van der Waals surface area contributed by atoms with E-state index in [9.17, 15) is 25.2 Å². The predicted octanol–water partition coefficient (Wildman–Crippen LogP) is 4.31. The van der Waals surface area contributed by atoms with E-state index in [2.05, 4.69) is 5.32 Å². The summed E-state index contributed by atoms with van der Waals surface area (Å²) in [5, 5.41) is 42.0. The van der Waals surface area contributed by atoms with Crippen molar-refractivity contribution in [1.82, 2.24) is 9.80 Å². The Bertz CT molecular complexity index is 1040. The van der Waals surface area contributed by atoms with Crippen LogP contribution in [-0.4, -0.2) is 113 Å². The molecule has 4 unspecified atom stereocenters. The van der Waals surface area contributed by atoms with Crippen LogP contribution in [0.2, 0.25) is 10.0 Å². The van der Waals surface area contributed by atoms with Crippen LogP contribution in [0.25, 0.3) is 0 Å². The lowest BCUT2D eigenvalue weighted by molar-refractivity contribution is -0.0273. The van der Waals surface area contributed by atoms with Crippen molar-refractivity contribution in [3.05, 3.63) is 57.6 Å². The van der Waals surface area contributed by atoms with E-state index in [1.807, 2.05) is 29.7 Å². The SMILES string of the molecule is CC(O)CN(CCN(CC(C)O)CC(C)O)CC(C)O.CCOCOC(=O)c1ccccc1Nc1c(Cl)ccc(C)c1Cl. The van der Waals surface area contributed by atoms with Crippen molar-refractivity contribution in [2.24, 2.45) is 0 Å². The molecule has 2 rings (SSSR count). The molecule has 0 aliphatic rings. The number of halogens is 2. The first-order chi connectivity index (χ1) is 20.2. The van der Waals surface area contributed by atoms with Gasteiger partial charge in [-0.3, -0.25) is 9.80 Å². The van der Waals surface area contributed by atoms with Crippen LogP contribution in [0.4, 0.5) is 11.4 Å². The summed E-state index contributed by atoms with van der Waals surface area (Å²) in [5.74, 6) is -0.485. The Labute approximate surface area is 266 Å². The number of carbonyl (C=O) groups excluding carboxylic acids is 1. The number of carbonyl (C=O) groups is 1. The molecule has 10 nitrogen and oxygen atoms in total. The van der Waals surface area contributed by atoms with E-state index in [0.717, 1.165) is 5.56 Å². The summed E-state index contributed by atoms with van der Waals surface area (Å²) in [5.41, 5.74) is 2.37. The van der Waals surface area contributed by atoms with Crippen LogP contribution >= 0.6 is 23.2 Å². The lowest BCUT2D eigenvalue weighted by atomic mass is 10.1. The highest BCUT2D eigenvalue weighted by Gasteiger charge is 2.17. The first kappa shape index (κ1) is 39.0. The molecule has 0 amide bonds. The molecule has 0 fully saturated rings. The second kappa shape index (κ2) is 20.9. The van der Waals surface area contributed by atoms with Crippen molar-refractivity contribution in [1.29, 1.82) is 0 Å². The first-order valence-electron chi connectivity index (χ1n) is 14.5. The van der Waals surface area contributed by atoms with Gasteiger partial charge in [0.1, 0.15) is 0 Å². The maximum Gasteiger partial charge on any atom is 0.342 e. The van der Waals surface area contributed by atoms with Gasteiger partial charge in [0.15, 0.2) is 6.79 Å². The van der Waals surface area contributed by atoms with Crippen molar-refractivity contribution in [3.63, 3.8) is 0 Å². The first-order valence-corrected chi connectivity index (χ1v) is 15.2. The van der Waals surface area contributed by atoms with Gasteiger partial charge in [0, 0.05) is 45.9 Å². The molecule has 0 bridgehead atoms. The summed E-state index contributed by atoms with van der Waals surface area (Å²) in [6.07, 6.45) is -1.79. The topological polar surface area (TPSA) is 135 Å². The normalized spacial score (nSPS) is 14.1. The monoisotopic (exact) mass is 645 g/mol. The van der Waals surface area contributed by atoms with Gasteiger partial charge in [-0.05, 0) is 65.3 Å². The smallest absolute Gasteiger partial charge is 0.342 e. The quantitative estimate of drug-likeness (QED) is 0.0962. The third-order valence-electron chi connectivity index (χ3n) is 5.99. The van der Waals surface area contributed by atoms with E-state index >= 15 is 0 Å². The van der Waals surface area contributed by atoms with Crippen molar-refractivity contribution in [2.75, 3.05) is 58.0 Å². The molecule has 43 heavy (non-hydrogen) atoms. The molecule has 0 saturated carbocycles. The summed E-state index contributed by atoms with van der Waals surface area (Å²) in [6, 6.07) is 10.6. The fraction of sp³-hybridized carbons (Fsp3) is 0.581. The van der Waals surface area contributed by atoms with Crippen LogP contribution in [-0.2, 0) is 9.47 Å². The lowest BCUT2D eigenvalue weighted by Gasteiger charge is -2.30. The minimum absolute atomic E-state index is 0.0877. The largest absolute Gasteiger partial charge is 0.435 e. The Hall–Kier alpha value is -1.99. The molecule has 2 aromatic rings. The number of aliphatic hydroxyl groups is 4. The van der Waals surface area contributed by atoms with Crippen LogP contribution in [0.1, 0.15) is 50.5 Å². The predicted molar refractivity (Wildman–Crippen MR) is 172 cm³/mol.